The molecule has 2 rings (SSSR count). The number of ether oxygens (including phenoxy) is 3. The molecule has 0 aromatic heterocycles. The second-order valence-electron chi connectivity index (χ2n) is 4.61. The number of rotatable bonds is 7. The number of imide groups is 1. The summed E-state index contributed by atoms with van der Waals surface area (Å²) in [7, 11) is 1.45. The van der Waals surface area contributed by atoms with Crippen molar-refractivity contribution >= 4 is 12.1 Å². The van der Waals surface area contributed by atoms with Crippen LogP contribution in [0.5, 0.6) is 0 Å². The van der Waals surface area contributed by atoms with Crippen LogP contribution in [0.15, 0.2) is 0 Å². The van der Waals surface area contributed by atoms with Crippen LogP contribution in [-0.4, -0.2) is 86.0 Å². The van der Waals surface area contributed by atoms with E-state index in [-0.39, 0.29) is 31.9 Å². The maximum atomic E-state index is 12.0. The van der Waals surface area contributed by atoms with Crippen molar-refractivity contribution in [1.29, 1.82) is 0 Å². The summed E-state index contributed by atoms with van der Waals surface area (Å²) >= 11 is 0. The molecule has 2 saturated heterocycles. The molecule has 20 heavy (non-hydrogen) atoms. The average Bonchev–Trinajstić information content (AvgIpc) is 3.32. The number of methoxy groups -OCH3 is 1. The first-order valence-corrected chi connectivity index (χ1v) is 6.39. The molecule has 2 atom stereocenters. The predicted molar refractivity (Wildman–Crippen MR) is 65.3 cm³/mol. The van der Waals surface area contributed by atoms with Crippen LogP contribution >= 0.6 is 0 Å². The quantitative estimate of drug-likeness (QED) is 0.363. The zero-order valence-electron chi connectivity index (χ0n) is 11.3. The molecule has 2 N–H and O–H groups in total. The van der Waals surface area contributed by atoms with Crippen molar-refractivity contribution < 1.29 is 29.0 Å². The van der Waals surface area contributed by atoms with Gasteiger partial charge >= 0.3 is 12.1 Å². The second kappa shape index (κ2) is 6.84. The SMILES string of the molecule is COCCN(O)C(=O)N(CC1CO1)C(=O)NCC1CO1. The number of epoxide rings is 2. The number of hydroxylamine groups is 2. The molecule has 0 bridgehead atoms. The number of amides is 4. The molecule has 2 fully saturated rings. The first-order chi connectivity index (χ1) is 9.61. The molecule has 9 heteroatoms. The topological polar surface area (TPSA) is 107 Å². The normalized spacial score (nSPS) is 23.1. The highest BCUT2D eigenvalue weighted by atomic mass is 16.6. The fourth-order valence-electron chi connectivity index (χ4n) is 1.52. The van der Waals surface area contributed by atoms with Crippen molar-refractivity contribution in [2.75, 3.05) is 46.6 Å². The van der Waals surface area contributed by atoms with Crippen LogP contribution in [0, 0.1) is 0 Å². The first kappa shape index (κ1) is 15.0. The van der Waals surface area contributed by atoms with Crippen LogP contribution in [0.2, 0.25) is 0 Å². The van der Waals surface area contributed by atoms with Gasteiger partial charge in [0.2, 0.25) is 0 Å². The molecule has 0 aromatic rings. The van der Waals surface area contributed by atoms with E-state index >= 15 is 0 Å². The molecule has 0 spiro atoms. The van der Waals surface area contributed by atoms with Gasteiger partial charge in [0.25, 0.3) is 0 Å². The third-order valence-corrected chi connectivity index (χ3v) is 2.88. The van der Waals surface area contributed by atoms with Crippen LogP contribution in [0.3, 0.4) is 0 Å². The largest absolute Gasteiger partial charge is 0.383 e. The van der Waals surface area contributed by atoms with E-state index < -0.39 is 12.1 Å². The van der Waals surface area contributed by atoms with Crippen molar-refractivity contribution in [3.05, 3.63) is 0 Å². The summed E-state index contributed by atoms with van der Waals surface area (Å²) < 4.78 is 14.8. The summed E-state index contributed by atoms with van der Waals surface area (Å²) in [6.07, 6.45) is -0.135. The first-order valence-electron chi connectivity index (χ1n) is 6.39. The van der Waals surface area contributed by atoms with Gasteiger partial charge in [-0.2, -0.15) is 0 Å². The Labute approximate surface area is 116 Å². The highest BCUT2D eigenvalue weighted by molar-refractivity contribution is 5.93. The fourth-order valence-corrected chi connectivity index (χ4v) is 1.52. The number of hydrogen-bond donors (Lipinski definition) is 2. The number of urea groups is 2. The molecule has 2 aliphatic heterocycles. The van der Waals surface area contributed by atoms with E-state index in [1.54, 1.807) is 0 Å². The van der Waals surface area contributed by atoms with Gasteiger partial charge in [0.1, 0.15) is 0 Å². The average molecular weight is 289 g/mol. The molecule has 2 unspecified atom stereocenters. The number of carbonyl (C=O) groups excluding carboxylic acids is 2. The van der Waals surface area contributed by atoms with Gasteiger partial charge in [-0.3, -0.25) is 5.21 Å². The van der Waals surface area contributed by atoms with E-state index in [2.05, 4.69) is 5.32 Å². The van der Waals surface area contributed by atoms with Gasteiger partial charge in [0.15, 0.2) is 0 Å². The molecule has 9 nitrogen and oxygen atoms in total. The van der Waals surface area contributed by atoms with Gasteiger partial charge < -0.3 is 19.5 Å². The highest BCUT2D eigenvalue weighted by Crippen LogP contribution is 2.13. The van der Waals surface area contributed by atoms with E-state index in [1.165, 1.54) is 7.11 Å². The minimum Gasteiger partial charge on any atom is -0.383 e. The van der Waals surface area contributed by atoms with E-state index in [0.29, 0.717) is 24.8 Å². The van der Waals surface area contributed by atoms with Gasteiger partial charge in [-0.05, 0) is 0 Å². The molecule has 0 saturated carbocycles. The molecular formula is C11H19N3O6. The summed E-state index contributed by atoms with van der Waals surface area (Å²) in [6.45, 7) is 1.73. The summed E-state index contributed by atoms with van der Waals surface area (Å²) in [4.78, 5) is 24.9. The summed E-state index contributed by atoms with van der Waals surface area (Å²) in [5.74, 6) is 0. The van der Waals surface area contributed by atoms with Gasteiger partial charge in [-0.1, -0.05) is 0 Å². The minimum absolute atomic E-state index is 0.0175. The maximum Gasteiger partial charge on any atom is 0.352 e. The molecule has 0 radical (unpaired) electrons. The monoisotopic (exact) mass is 289 g/mol. The van der Waals surface area contributed by atoms with Crippen molar-refractivity contribution in [1.82, 2.24) is 15.3 Å². The van der Waals surface area contributed by atoms with E-state index in [9.17, 15) is 14.8 Å². The molecule has 2 aliphatic rings. The van der Waals surface area contributed by atoms with Crippen molar-refractivity contribution in [3.8, 4) is 0 Å². The Bertz CT molecular complexity index is 358. The lowest BCUT2D eigenvalue weighted by Gasteiger charge is -2.24. The Morgan fingerprint density at radius 2 is 2.00 bits per heavy atom. The summed E-state index contributed by atoms with van der Waals surface area (Å²) in [5, 5.41) is 12.7. The van der Waals surface area contributed by atoms with Crippen molar-refractivity contribution in [2.24, 2.45) is 0 Å². The van der Waals surface area contributed by atoms with Crippen molar-refractivity contribution in [3.63, 3.8) is 0 Å². The van der Waals surface area contributed by atoms with Gasteiger partial charge in [0.05, 0.1) is 45.1 Å². The molecule has 4 amide bonds. The third kappa shape index (κ3) is 4.60. The number of hydrogen-bond acceptors (Lipinski definition) is 6. The summed E-state index contributed by atoms with van der Waals surface area (Å²) in [6, 6.07) is -1.37. The lowest BCUT2D eigenvalue weighted by Crippen LogP contribution is -2.51. The second-order valence-corrected chi connectivity index (χ2v) is 4.61. The molecule has 2 heterocycles. The Morgan fingerprint density at radius 1 is 1.35 bits per heavy atom. The van der Waals surface area contributed by atoms with E-state index in [1.807, 2.05) is 0 Å². The number of nitrogens with one attached hydrogen (secondary N) is 1. The van der Waals surface area contributed by atoms with Crippen LogP contribution in [-0.2, 0) is 14.2 Å². The summed E-state index contributed by atoms with van der Waals surface area (Å²) in [5.41, 5.74) is 0. The van der Waals surface area contributed by atoms with E-state index in [0.717, 1.165) is 4.90 Å². The Hall–Kier alpha value is -1.42. The Morgan fingerprint density at radius 3 is 2.55 bits per heavy atom. The van der Waals surface area contributed by atoms with Gasteiger partial charge in [-0.15, -0.1) is 0 Å². The van der Waals surface area contributed by atoms with Crippen LogP contribution in [0.4, 0.5) is 9.59 Å². The van der Waals surface area contributed by atoms with Gasteiger partial charge in [-0.25, -0.2) is 19.6 Å². The van der Waals surface area contributed by atoms with Crippen molar-refractivity contribution in [2.45, 2.75) is 12.2 Å². The molecule has 0 aromatic carbocycles. The molecular weight excluding hydrogens is 270 g/mol. The van der Waals surface area contributed by atoms with Crippen LogP contribution in [0.1, 0.15) is 0 Å². The highest BCUT2D eigenvalue weighted by Gasteiger charge is 2.34. The standard InChI is InChI=1S/C11H19N3O6/c1-18-3-2-14(17)11(16)13(5-9-7-20-9)10(15)12-4-8-6-19-8/h8-9,17H,2-7H2,1H3,(H,12,15). The molecule has 114 valence electrons. The lowest BCUT2D eigenvalue weighted by atomic mass is 10.4. The lowest BCUT2D eigenvalue weighted by molar-refractivity contribution is -0.0647. The zero-order chi connectivity index (χ0) is 14.5. The zero-order valence-corrected chi connectivity index (χ0v) is 11.3. The van der Waals surface area contributed by atoms with Crippen LogP contribution in [0.25, 0.3) is 0 Å². The third-order valence-electron chi connectivity index (χ3n) is 2.88. The van der Waals surface area contributed by atoms with Gasteiger partial charge in [0, 0.05) is 13.7 Å². The predicted octanol–water partition coefficient (Wildman–Crippen LogP) is -0.747. The minimum atomic E-state index is -0.799. The Kier molecular flexibility index (Phi) is 5.12. The Balaban J connectivity index is 1.86. The smallest absolute Gasteiger partial charge is 0.352 e. The number of nitrogens with zero attached hydrogens (tertiary/aromatic N) is 2. The molecule has 0 aliphatic carbocycles. The number of carbonyl (C=O) groups is 2. The fraction of sp³-hybridized carbons (Fsp3) is 0.818. The van der Waals surface area contributed by atoms with Crippen LogP contribution < -0.4 is 5.32 Å². The van der Waals surface area contributed by atoms with E-state index in [4.69, 9.17) is 14.2 Å². The maximum absolute atomic E-state index is 12.0.